The lowest BCUT2D eigenvalue weighted by atomic mass is 10.2. The van der Waals surface area contributed by atoms with Crippen molar-refractivity contribution in [3.8, 4) is 0 Å². The Morgan fingerprint density at radius 2 is 2.30 bits per heavy atom. The second-order valence-electron chi connectivity index (χ2n) is 4.60. The van der Waals surface area contributed by atoms with Crippen LogP contribution in [0.4, 0.5) is 11.8 Å². The number of nitrogens with one attached hydrogen (secondary N) is 1. The zero-order valence-corrected chi connectivity index (χ0v) is 12.2. The Morgan fingerprint density at radius 3 is 3.00 bits per heavy atom. The zero-order chi connectivity index (χ0) is 14.1. The molecule has 0 aromatic carbocycles. The smallest absolute Gasteiger partial charge is 0.223 e. The van der Waals surface area contributed by atoms with Gasteiger partial charge in [-0.15, -0.1) is 11.3 Å². The number of anilines is 2. The molecule has 0 saturated carbocycles. The van der Waals surface area contributed by atoms with Crippen LogP contribution < -0.4 is 11.1 Å². The summed E-state index contributed by atoms with van der Waals surface area (Å²) in [6, 6.07) is 5.95. The van der Waals surface area contributed by atoms with Crippen molar-refractivity contribution in [2.75, 3.05) is 11.1 Å². The van der Waals surface area contributed by atoms with Crippen LogP contribution in [0, 0.1) is 0 Å². The number of fused-ring (bicyclic) bond motifs is 1. The minimum atomic E-state index is 0.0208. The van der Waals surface area contributed by atoms with Gasteiger partial charge in [0.1, 0.15) is 16.4 Å². The molecule has 0 fully saturated rings. The highest BCUT2D eigenvalue weighted by Crippen LogP contribution is 2.31. The first-order valence-electron chi connectivity index (χ1n) is 6.53. The van der Waals surface area contributed by atoms with Gasteiger partial charge in [-0.1, -0.05) is 6.92 Å². The average Bonchev–Trinajstić information content (AvgIpc) is 3.07. The maximum absolute atomic E-state index is 5.79. The fraction of sp³-hybridized carbons (Fsp3) is 0.286. The number of nitrogens with zero attached hydrogens (tertiary/aromatic N) is 2. The highest BCUT2D eigenvalue weighted by Gasteiger charge is 2.14. The van der Waals surface area contributed by atoms with Gasteiger partial charge in [0.05, 0.1) is 17.7 Å². The second kappa shape index (κ2) is 5.13. The summed E-state index contributed by atoms with van der Waals surface area (Å²) in [6.45, 7) is 4.15. The number of hydrogen-bond acceptors (Lipinski definition) is 6. The first-order chi connectivity index (χ1) is 9.67. The summed E-state index contributed by atoms with van der Waals surface area (Å²) in [5.41, 5.74) is 5.79. The van der Waals surface area contributed by atoms with E-state index in [0.29, 0.717) is 0 Å². The Morgan fingerprint density at radius 1 is 1.45 bits per heavy atom. The van der Waals surface area contributed by atoms with E-state index in [0.717, 1.165) is 28.2 Å². The van der Waals surface area contributed by atoms with Crippen LogP contribution in [0.1, 0.15) is 30.5 Å². The SMILES string of the molecule is CCc1cc2c(NC(C)c3ccco3)nc(N)nc2s1. The van der Waals surface area contributed by atoms with E-state index in [9.17, 15) is 0 Å². The van der Waals surface area contributed by atoms with E-state index in [-0.39, 0.29) is 12.0 Å². The molecule has 0 saturated heterocycles. The van der Waals surface area contributed by atoms with Crippen LogP contribution in [0.2, 0.25) is 0 Å². The van der Waals surface area contributed by atoms with E-state index in [1.165, 1.54) is 4.88 Å². The Bertz CT molecular complexity index is 720. The lowest BCUT2D eigenvalue weighted by molar-refractivity contribution is 0.490. The molecule has 1 unspecified atom stereocenters. The van der Waals surface area contributed by atoms with Gasteiger partial charge >= 0.3 is 0 Å². The third-order valence-corrected chi connectivity index (χ3v) is 4.31. The molecule has 0 bridgehead atoms. The van der Waals surface area contributed by atoms with Crippen molar-refractivity contribution < 1.29 is 4.42 Å². The number of nitrogens with two attached hydrogens (primary N) is 1. The molecule has 0 spiro atoms. The van der Waals surface area contributed by atoms with Gasteiger partial charge in [-0.05, 0) is 31.5 Å². The van der Waals surface area contributed by atoms with Gasteiger partial charge in [-0.25, -0.2) is 4.98 Å². The minimum Gasteiger partial charge on any atom is -0.467 e. The molecule has 0 aliphatic carbocycles. The molecular weight excluding hydrogens is 272 g/mol. The Kier molecular flexibility index (Phi) is 3.31. The van der Waals surface area contributed by atoms with E-state index in [1.807, 2.05) is 19.1 Å². The van der Waals surface area contributed by atoms with Crippen LogP contribution in [0.15, 0.2) is 28.9 Å². The fourth-order valence-corrected chi connectivity index (χ4v) is 3.06. The van der Waals surface area contributed by atoms with Crippen LogP contribution in [0.3, 0.4) is 0 Å². The second-order valence-corrected chi connectivity index (χ2v) is 5.71. The summed E-state index contributed by atoms with van der Waals surface area (Å²) >= 11 is 1.66. The van der Waals surface area contributed by atoms with Crippen molar-refractivity contribution in [3.05, 3.63) is 35.1 Å². The summed E-state index contributed by atoms with van der Waals surface area (Å²) < 4.78 is 5.40. The number of rotatable bonds is 4. The van der Waals surface area contributed by atoms with E-state index < -0.39 is 0 Å². The predicted molar refractivity (Wildman–Crippen MR) is 82.0 cm³/mol. The Hall–Kier alpha value is -2.08. The third kappa shape index (κ3) is 2.34. The maximum Gasteiger partial charge on any atom is 0.223 e. The van der Waals surface area contributed by atoms with Gasteiger partial charge in [-0.3, -0.25) is 0 Å². The van der Waals surface area contributed by atoms with E-state index >= 15 is 0 Å². The molecule has 3 N–H and O–H groups in total. The Labute approximate surface area is 120 Å². The van der Waals surface area contributed by atoms with Crippen LogP contribution in [0.5, 0.6) is 0 Å². The highest BCUT2D eigenvalue weighted by molar-refractivity contribution is 7.18. The Balaban J connectivity index is 1.99. The molecule has 5 nitrogen and oxygen atoms in total. The quantitative estimate of drug-likeness (QED) is 0.767. The zero-order valence-electron chi connectivity index (χ0n) is 11.4. The van der Waals surface area contributed by atoms with Crippen LogP contribution >= 0.6 is 11.3 Å². The molecule has 0 aliphatic heterocycles. The average molecular weight is 288 g/mol. The molecule has 1 atom stereocenters. The van der Waals surface area contributed by atoms with Gasteiger partial charge in [-0.2, -0.15) is 4.98 Å². The van der Waals surface area contributed by atoms with Crippen molar-refractivity contribution in [3.63, 3.8) is 0 Å². The molecule has 0 amide bonds. The molecule has 104 valence electrons. The lowest BCUT2D eigenvalue weighted by Gasteiger charge is -2.13. The highest BCUT2D eigenvalue weighted by atomic mass is 32.1. The van der Waals surface area contributed by atoms with Crippen molar-refractivity contribution in [2.24, 2.45) is 0 Å². The van der Waals surface area contributed by atoms with Gasteiger partial charge in [0.15, 0.2) is 0 Å². The third-order valence-electron chi connectivity index (χ3n) is 3.13. The maximum atomic E-state index is 5.79. The number of nitrogen functional groups attached to an aromatic ring is 1. The molecule has 6 heteroatoms. The molecule has 20 heavy (non-hydrogen) atoms. The van der Waals surface area contributed by atoms with Gasteiger partial charge in [0, 0.05) is 4.88 Å². The number of hydrogen-bond donors (Lipinski definition) is 2. The summed E-state index contributed by atoms with van der Waals surface area (Å²) in [4.78, 5) is 10.8. The summed E-state index contributed by atoms with van der Waals surface area (Å²) in [7, 11) is 0. The van der Waals surface area contributed by atoms with Crippen molar-refractivity contribution >= 4 is 33.3 Å². The molecule has 0 radical (unpaired) electrons. The monoisotopic (exact) mass is 288 g/mol. The van der Waals surface area contributed by atoms with Gasteiger partial charge in [0.25, 0.3) is 0 Å². The van der Waals surface area contributed by atoms with E-state index in [1.54, 1.807) is 17.6 Å². The first-order valence-corrected chi connectivity index (χ1v) is 7.35. The van der Waals surface area contributed by atoms with E-state index in [2.05, 4.69) is 28.3 Å². The summed E-state index contributed by atoms with van der Waals surface area (Å²) in [5, 5.41) is 4.36. The number of aromatic nitrogens is 2. The predicted octanol–water partition coefficient (Wildman–Crippen LogP) is 3.60. The van der Waals surface area contributed by atoms with Gasteiger partial charge < -0.3 is 15.5 Å². The first kappa shape index (κ1) is 12.9. The lowest BCUT2D eigenvalue weighted by Crippen LogP contribution is -2.08. The summed E-state index contributed by atoms with van der Waals surface area (Å²) in [6.07, 6.45) is 2.64. The number of aryl methyl sites for hydroxylation is 1. The minimum absolute atomic E-state index is 0.0208. The molecule has 3 heterocycles. The van der Waals surface area contributed by atoms with Crippen LogP contribution in [-0.4, -0.2) is 9.97 Å². The molecule has 3 aromatic heterocycles. The number of furan rings is 1. The fourth-order valence-electron chi connectivity index (χ4n) is 2.09. The topological polar surface area (TPSA) is 77.0 Å². The van der Waals surface area contributed by atoms with Crippen molar-refractivity contribution in [1.82, 2.24) is 9.97 Å². The van der Waals surface area contributed by atoms with Crippen LogP contribution in [-0.2, 0) is 6.42 Å². The van der Waals surface area contributed by atoms with Crippen molar-refractivity contribution in [1.29, 1.82) is 0 Å². The normalized spacial score (nSPS) is 12.7. The molecule has 3 aromatic rings. The molecule has 0 aliphatic rings. The summed E-state index contributed by atoms with van der Waals surface area (Å²) in [5.74, 6) is 1.91. The standard InChI is InChI=1S/C14H16N4OS/c1-3-9-7-10-12(17-14(15)18-13(10)20-9)16-8(2)11-5-4-6-19-11/h4-8H,3H2,1-2H3,(H3,15,16,17,18). The van der Waals surface area contributed by atoms with Crippen molar-refractivity contribution in [2.45, 2.75) is 26.3 Å². The number of thiophene rings is 1. The van der Waals surface area contributed by atoms with Crippen LogP contribution in [0.25, 0.3) is 10.2 Å². The van der Waals surface area contributed by atoms with E-state index in [4.69, 9.17) is 10.2 Å². The molecular formula is C14H16N4OS. The largest absolute Gasteiger partial charge is 0.467 e. The van der Waals surface area contributed by atoms with Gasteiger partial charge in [0.2, 0.25) is 5.95 Å². The molecule has 3 rings (SSSR count).